The van der Waals surface area contributed by atoms with Crippen molar-refractivity contribution in [2.24, 2.45) is 0 Å². The summed E-state index contributed by atoms with van der Waals surface area (Å²) in [5.74, 6) is -1.23. The molecule has 2 fully saturated rings. The Balaban J connectivity index is 2.03. The molecule has 0 aromatic rings. The molecule has 25 heavy (non-hydrogen) atoms. The summed E-state index contributed by atoms with van der Waals surface area (Å²) in [6.07, 6.45) is 1.88. The highest BCUT2D eigenvalue weighted by molar-refractivity contribution is 7.91. The van der Waals surface area contributed by atoms with Crippen molar-refractivity contribution >= 4 is 21.7 Å². The molecule has 8 heteroatoms. The number of rotatable bonds is 3. The van der Waals surface area contributed by atoms with Gasteiger partial charge in [-0.15, -0.1) is 0 Å². The Hall–Kier alpha value is -1.15. The third kappa shape index (κ3) is 5.17. The molecule has 2 heterocycles. The second-order valence-electron chi connectivity index (χ2n) is 8.62. The van der Waals surface area contributed by atoms with Gasteiger partial charge in [0.25, 0.3) is 0 Å². The Morgan fingerprint density at radius 3 is 2.16 bits per heavy atom. The van der Waals surface area contributed by atoms with Crippen molar-refractivity contribution < 1.29 is 18.0 Å². The maximum atomic E-state index is 12.6. The van der Waals surface area contributed by atoms with Crippen LogP contribution in [-0.4, -0.2) is 66.3 Å². The molecule has 1 unspecified atom stereocenters. The van der Waals surface area contributed by atoms with E-state index in [1.807, 2.05) is 0 Å². The van der Waals surface area contributed by atoms with E-state index in [-0.39, 0.29) is 28.6 Å². The van der Waals surface area contributed by atoms with Crippen LogP contribution in [0.4, 0.5) is 0 Å². The second-order valence-corrected chi connectivity index (χ2v) is 10.8. The van der Waals surface area contributed by atoms with Crippen molar-refractivity contribution in [3.63, 3.8) is 0 Å². The Labute approximate surface area is 150 Å². The van der Waals surface area contributed by atoms with Gasteiger partial charge in [0.05, 0.1) is 11.5 Å². The van der Waals surface area contributed by atoms with E-state index in [0.29, 0.717) is 13.0 Å². The van der Waals surface area contributed by atoms with Crippen molar-refractivity contribution in [1.82, 2.24) is 15.5 Å². The predicted molar refractivity (Wildman–Crippen MR) is 96.9 cm³/mol. The summed E-state index contributed by atoms with van der Waals surface area (Å²) >= 11 is 0. The molecule has 2 rings (SSSR count). The van der Waals surface area contributed by atoms with E-state index >= 15 is 0 Å². The number of hydrogen-bond donors (Lipinski definition) is 2. The fourth-order valence-corrected chi connectivity index (χ4v) is 6.12. The van der Waals surface area contributed by atoms with Crippen LogP contribution in [0.3, 0.4) is 0 Å². The fraction of sp³-hybridized carbons (Fsp3) is 0.882. The van der Waals surface area contributed by atoms with Crippen LogP contribution in [0.5, 0.6) is 0 Å². The van der Waals surface area contributed by atoms with Crippen LogP contribution in [0.25, 0.3) is 0 Å². The highest BCUT2D eigenvalue weighted by atomic mass is 32.2. The van der Waals surface area contributed by atoms with Crippen LogP contribution in [0.1, 0.15) is 53.9 Å². The molecule has 0 aromatic heterocycles. The average molecular weight is 374 g/mol. The summed E-state index contributed by atoms with van der Waals surface area (Å²) in [6.45, 7) is 10.4. The van der Waals surface area contributed by atoms with Gasteiger partial charge in [0.1, 0.15) is 0 Å². The van der Waals surface area contributed by atoms with E-state index in [9.17, 15) is 18.0 Å². The molecule has 144 valence electrons. The van der Waals surface area contributed by atoms with Crippen molar-refractivity contribution in [1.29, 1.82) is 0 Å². The molecule has 2 aliphatic rings. The summed E-state index contributed by atoms with van der Waals surface area (Å²) in [5, 5.41) is 6.41. The predicted octanol–water partition coefficient (Wildman–Crippen LogP) is 0.447. The molecule has 0 aromatic carbocycles. The van der Waals surface area contributed by atoms with Gasteiger partial charge in [0, 0.05) is 29.7 Å². The summed E-state index contributed by atoms with van der Waals surface area (Å²) in [4.78, 5) is 26.5. The van der Waals surface area contributed by atoms with Gasteiger partial charge in [-0.2, -0.15) is 0 Å². The largest absolute Gasteiger partial charge is 0.345 e. The maximum absolute atomic E-state index is 12.6. The first kappa shape index (κ1) is 20.2. The van der Waals surface area contributed by atoms with Crippen molar-refractivity contribution in [3.8, 4) is 0 Å². The third-order valence-corrected chi connectivity index (χ3v) is 6.72. The first-order valence-electron chi connectivity index (χ1n) is 8.95. The van der Waals surface area contributed by atoms with Crippen LogP contribution >= 0.6 is 0 Å². The molecule has 7 nitrogen and oxygen atoms in total. The minimum atomic E-state index is -3.10. The topological polar surface area (TPSA) is 95.6 Å². The number of piperidine rings is 1. The summed E-state index contributed by atoms with van der Waals surface area (Å²) in [5.41, 5.74) is -0.264. The standard InChI is InChI=1S/C17H31N3O4S/c1-6-20(13-7-8-25(23,24)11-13)15(22)14(21)18-12-9-16(2,3)19-17(4,5)10-12/h12-13,19H,6-11H2,1-5H3,(H,18,21). The van der Waals surface area contributed by atoms with Crippen LogP contribution in [0.15, 0.2) is 0 Å². The van der Waals surface area contributed by atoms with E-state index in [4.69, 9.17) is 0 Å². The number of likely N-dealkylation sites (N-methyl/N-ethyl adjacent to an activating group) is 1. The molecule has 0 bridgehead atoms. The number of nitrogens with zero attached hydrogens (tertiary/aromatic N) is 1. The zero-order valence-electron chi connectivity index (χ0n) is 15.9. The first-order valence-corrected chi connectivity index (χ1v) is 10.8. The Morgan fingerprint density at radius 1 is 1.16 bits per heavy atom. The molecule has 1 atom stereocenters. The molecule has 2 N–H and O–H groups in total. The highest BCUT2D eigenvalue weighted by Gasteiger charge is 2.40. The van der Waals surface area contributed by atoms with Crippen LogP contribution in [0, 0.1) is 0 Å². The normalized spacial score (nSPS) is 27.6. The summed E-state index contributed by atoms with van der Waals surface area (Å²) in [7, 11) is -3.10. The number of nitrogens with one attached hydrogen (secondary N) is 2. The van der Waals surface area contributed by atoms with Crippen molar-refractivity contribution in [2.45, 2.75) is 77.0 Å². The molecule has 0 aliphatic carbocycles. The Bertz CT molecular complexity index is 626. The smallest absolute Gasteiger partial charge is 0.312 e. The van der Waals surface area contributed by atoms with Gasteiger partial charge < -0.3 is 15.5 Å². The zero-order valence-corrected chi connectivity index (χ0v) is 16.7. The summed E-state index contributed by atoms with van der Waals surface area (Å²) < 4.78 is 23.3. The van der Waals surface area contributed by atoms with Gasteiger partial charge in [-0.05, 0) is 53.9 Å². The van der Waals surface area contributed by atoms with E-state index in [1.54, 1.807) is 6.92 Å². The highest BCUT2D eigenvalue weighted by Crippen LogP contribution is 2.28. The monoisotopic (exact) mass is 373 g/mol. The molecular weight excluding hydrogens is 342 g/mol. The molecule has 2 amide bonds. The van der Waals surface area contributed by atoms with Crippen molar-refractivity contribution in [2.75, 3.05) is 18.1 Å². The Morgan fingerprint density at radius 2 is 1.72 bits per heavy atom. The summed E-state index contributed by atoms with van der Waals surface area (Å²) in [6, 6.07) is -0.483. The van der Waals surface area contributed by atoms with Gasteiger partial charge >= 0.3 is 11.8 Å². The maximum Gasteiger partial charge on any atom is 0.312 e. The lowest BCUT2D eigenvalue weighted by molar-refractivity contribution is -0.147. The molecule has 2 saturated heterocycles. The molecule has 2 aliphatic heterocycles. The van der Waals surface area contributed by atoms with Crippen LogP contribution in [-0.2, 0) is 19.4 Å². The van der Waals surface area contributed by atoms with Crippen molar-refractivity contribution in [3.05, 3.63) is 0 Å². The minimum Gasteiger partial charge on any atom is -0.345 e. The van der Waals surface area contributed by atoms with E-state index in [1.165, 1.54) is 4.90 Å². The second kappa shape index (κ2) is 6.87. The number of amides is 2. The minimum absolute atomic E-state index is 0.0483. The zero-order chi connectivity index (χ0) is 19.0. The lowest BCUT2D eigenvalue weighted by Gasteiger charge is -2.46. The molecule has 0 spiro atoms. The van der Waals surface area contributed by atoms with Crippen LogP contribution in [0.2, 0.25) is 0 Å². The van der Waals surface area contributed by atoms with Gasteiger partial charge in [-0.3, -0.25) is 9.59 Å². The number of carbonyl (C=O) groups is 2. The Kier molecular flexibility index (Phi) is 5.54. The quantitative estimate of drug-likeness (QED) is 0.700. The third-order valence-electron chi connectivity index (χ3n) is 4.97. The molecule has 0 radical (unpaired) electrons. The molecular formula is C17H31N3O4S. The number of hydrogen-bond acceptors (Lipinski definition) is 5. The molecule has 0 saturated carbocycles. The van der Waals surface area contributed by atoms with Gasteiger partial charge in [-0.25, -0.2) is 8.42 Å². The van der Waals surface area contributed by atoms with E-state index in [2.05, 4.69) is 38.3 Å². The number of sulfone groups is 1. The van der Waals surface area contributed by atoms with Gasteiger partial charge in [0.15, 0.2) is 9.84 Å². The lowest BCUT2D eigenvalue weighted by Crippen LogP contribution is -2.63. The SMILES string of the molecule is CCN(C(=O)C(=O)NC1CC(C)(C)NC(C)(C)C1)C1CCS(=O)(=O)C1. The van der Waals surface area contributed by atoms with Gasteiger partial charge in [-0.1, -0.05) is 0 Å². The van der Waals surface area contributed by atoms with E-state index < -0.39 is 27.7 Å². The van der Waals surface area contributed by atoms with Crippen LogP contribution < -0.4 is 10.6 Å². The van der Waals surface area contributed by atoms with Gasteiger partial charge in [0.2, 0.25) is 0 Å². The number of carbonyl (C=O) groups excluding carboxylic acids is 2. The lowest BCUT2D eigenvalue weighted by atomic mass is 9.79. The fourth-order valence-electron chi connectivity index (χ4n) is 4.39. The first-order chi connectivity index (χ1) is 11.3. The average Bonchev–Trinajstić information content (AvgIpc) is 2.75. The van der Waals surface area contributed by atoms with E-state index in [0.717, 1.165) is 12.8 Å².